The number of carbonyl (C=O) groups excluding carboxylic acids is 3. The van der Waals surface area contributed by atoms with Crippen molar-refractivity contribution in [3.63, 3.8) is 0 Å². The van der Waals surface area contributed by atoms with Crippen LogP contribution in [0.25, 0.3) is 10.9 Å². The van der Waals surface area contributed by atoms with Gasteiger partial charge in [-0.15, -0.1) is 11.3 Å². The quantitative estimate of drug-likeness (QED) is 0.203. The first-order valence-electron chi connectivity index (χ1n) is 14.0. The molecule has 1 aliphatic heterocycles. The number of aromatic nitrogens is 2. The van der Waals surface area contributed by atoms with E-state index in [4.69, 9.17) is 4.74 Å². The second-order valence-electron chi connectivity index (χ2n) is 11.1. The molecule has 0 aliphatic carbocycles. The van der Waals surface area contributed by atoms with Crippen molar-refractivity contribution in [3.8, 4) is 0 Å². The van der Waals surface area contributed by atoms with Gasteiger partial charge in [-0.1, -0.05) is 66.7 Å². The Morgan fingerprint density at radius 3 is 2.49 bits per heavy atom. The molecule has 218 valence electrons. The van der Waals surface area contributed by atoms with Crippen molar-refractivity contribution in [2.24, 2.45) is 0 Å². The Balaban J connectivity index is 1.19. The molecule has 3 aromatic carbocycles. The van der Waals surface area contributed by atoms with E-state index in [9.17, 15) is 14.4 Å². The third-order valence-corrected chi connectivity index (χ3v) is 8.25. The molecular weight excluding hydrogens is 562 g/mol. The smallest absolute Gasteiger partial charge is 0.408 e. The fourth-order valence-electron chi connectivity index (χ4n) is 5.29. The van der Waals surface area contributed by atoms with Gasteiger partial charge in [-0.3, -0.25) is 14.9 Å². The zero-order valence-electron chi connectivity index (χ0n) is 23.8. The summed E-state index contributed by atoms with van der Waals surface area (Å²) in [4.78, 5) is 43.2. The molecule has 1 atom stereocenters. The van der Waals surface area contributed by atoms with Crippen LogP contribution in [0.4, 0.5) is 9.93 Å². The third-order valence-electron chi connectivity index (χ3n) is 7.47. The minimum absolute atomic E-state index is 0.126. The number of ether oxygens (including phenoxy) is 1. The highest BCUT2D eigenvalue weighted by Crippen LogP contribution is 2.31. The summed E-state index contributed by atoms with van der Waals surface area (Å²) in [5.41, 5.74) is 4.04. The number of fused-ring (bicyclic) bond motifs is 3. The van der Waals surface area contributed by atoms with Crippen molar-refractivity contribution in [2.75, 3.05) is 11.9 Å². The van der Waals surface area contributed by atoms with E-state index in [2.05, 4.69) is 34.8 Å². The summed E-state index contributed by atoms with van der Waals surface area (Å²) in [7, 11) is 0. The molecule has 1 unspecified atom stereocenters. The summed E-state index contributed by atoms with van der Waals surface area (Å²) in [6.45, 7) is 4.76. The van der Waals surface area contributed by atoms with Crippen molar-refractivity contribution < 1.29 is 19.1 Å². The van der Waals surface area contributed by atoms with E-state index in [-0.39, 0.29) is 24.0 Å². The lowest BCUT2D eigenvalue weighted by Crippen LogP contribution is -2.47. The van der Waals surface area contributed by atoms with Crippen LogP contribution in [-0.2, 0) is 23.3 Å². The molecule has 43 heavy (non-hydrogen) atoms. The van der Waals surface area contributed by atoms with Crippen LogP contribution in [0.15, 0.2) is 90.3 Å². The molecule has 3 amide bonds. The first-order chi connectivity index (χ1) is 20.8. The fraction of sp³-hybridized carbons (Fsp3) is 0.212. The first-order valence-corrected chi connectivity index (χ1v) is 14.9. The van der Waals surface area contributed by atoms with Crippen molar-refractivity contribution in [3.05, 3.63) is 118 Å². The Labute approximate surface area is 252 Å². The number of nitrogens with zero attached hydrogens (tertiary/aromatic N) is 2. The topological polar surface area (TPSA) is 114 Å². The van der Waals surface area contributed by atoms with E-state index >= 15 is 0 Å². The predicted octanol–water partition coefficient (Wildman–Crippen LogP) is 6.04. The minimum atomic E-state index is -0.552. The number of rotatable bonds is 8. The summed E-state index contributed by atoms with van der Waals surface area (Å²) in [5, 5.41) is 11.9. The molecule has 0 saturated carbocycles. The van der Waals surface area contributed by atoms with E-state index in [1.807, 2.05) is 88.8 Å². The third kappa shape index (κ3) is 6.14. The van der Waals surface area contributed by atoms with Crippen LogP contribution in [0.2, 0.25) is 0 Å². The number of thiazole rings is 1. The van der Waals surface area contributed by atoms with Gasteiger partial charge in [0, 0.05) is 28.4 Å². The molecule has 1 aliphatic rings. The normalized spacial score (nSPS) is 14.4. The van der Waals surface area contributed by atoms with Crippen LogP contribution in [0.3, 0.4) is 0 Å². The minimum Gasteiger partial charge on any atom is -0.445 e. The van der Waals surface area contributed by atoms with Gasteiger partial charge in [-0.05, 0) is 49.6 Å². The van der Waals surface area contributed by atoms with Gasteiger partial charge in [0.2, 0.25) is 0 Å². The standard InChI is InChI=1S/C33H31N5O4S/c1-33(2)20-34-30(40)28-16-23-13-14-24(17-27(23)38(28)33)29(39)37-31-35-26(19-43-31)25(15-21-9-5-3-6-10-21)36-32(41)42-18-22-11-7-4-8-12-22/h3-14,16-17,19,25H,15,18,20H2,1-2H3,(H,34,40)(H,36,41)(H,35,37,39). The molecule has 0 spiro atoms. The van der Waals surface area contributed by atoms with Gasteiger partial charge >= 0.3 is 6.09 Å². The second kappa shape index (κ2) is 11.7. The highest BCUT2D eigenvalue weighted by Gasteiger charge is 2.33. The molecule has 10 heteroatoms. The highest BCUT2D eigenvalue weighted by molar-refractivity contribution is 7.14. The Morgan fingerprint density at radius 2 is 1.74 bits per heavy atom. The lowest BCUT2D eigenvalue weighted by Gasteiger charge is -2.34. The predicted molar refractivity (Wildman–Crippen MR) is 166 cm³/mol. The Bertz CT molecular complexity index is 1800. The molecule has 0 radical (unpaired) electrons. The molecule has 0 fully saturated rings. The van der Waals surface area contributed by atoms with Gasteiger partial charge in [0.25, 0.3) is 11.8 Å². The number of hydrogen-bond acceptors (Lipinski definition) is 6. The average Bonchev–Trinajstić information content (AvgIpc) is 3.64. The summed E-state index contributed by atoms with van der Waals surface area (Å²) >= 11 is 1.28. The lowest BCUT2D eigenvalue weighted by molar-refractivity contribution is 0.0891. The second-order valence-corrected chi connectivity index (χ2v) is 12.0. The lowest BCUT2D eigenvalue weighted by atomic mass is 10.0. The molecule has 3 N–H and O–H groups in total. The van der Waals surface area contributed by atoms with Crippen LogP contribution >= 0.6 is 11.3 Å². The van der Waals surface area contributed by atoms with Crippen molar-refractivity contribution in [1.82, 2.24) is 20.2 Å². The SMILES string of the molecule is CC1(C)CNC(=O)c2cc3ccc(C(=O)Nc4nc(C(Cc5ccccc5)NC(=O)OCc5ccccc5)cs4)cc3n21. The summed E-state index contributed by atoms with van der Waals surface area (Å²) in [6, 6.07) is 26.1. The van der Waals surface area contributed by atoms with Crippen LogP contribution in [0.5, 0.6) is 0 Å². The van der Waals surface area contributed by atoms with E-state index < -0.39 is 12.1 Å². The van der Waals surface area contributed by atoms with Crippen LogP contribution in [0.1, 0.15) is 57.6 Å². The molecule has 3 heterocycles. The Morgan fingerprint density at radius 1 is 1.02 bits per heavy atom. The van der Waals surface area contributed by atoms with E-state index in [0.717, 1.165) is 22.0 Å². The number of benzene rings is 3. The molecule has 0 bridgehead atoms. The number of alkyl carbamates (subject to hydrolysis) is 1. The maximum absolute atomic E-state index is 13.3. The maximum atomic E-state index is 13.3. The molecule has 9 nitrogen and oxygen atoms in total. The molecule has 2 aromatic heterocycles. The molecular formula is C33H31N5O4S. The molecule has 6 rings (SSSR count). The maximum Gasteiger partial charge on any atom is 0.408 e. The summed E-state index contributed by atoms with van der Waals surface area (Å²) in [5.74, 6) is -0.439. The number of amides is 3. The Hall–Kier alpha value is -4.96. The van der Waals surface area contributed by atoms with Gasteiger partial charge in [-0.2, -0.15) is 0 Å². The van der Waals surface area contributed by atoms with Crippen molar-refractivity contribution in [2.45, 2.75) is 38.5 Å². The van der Waals surface area contributed by atoms with Gasteiger partial charge in [0.1, 0.15) is 12.3 Å². The van der Waals surface area contributed by atoms with Gasteiger partial charge < -0.3 is 19.9 Å². The van der Waals surface area contributed by atoms with E-state index in [1.54, 1.807) is 6.07 Å². The largest absolute Gasteiger partial charge is 0.445 e. The van der Waals surface area contributed by atoms with E-state index in [0.29, 0.717) is 35.0 Å². The van der Waals surface area contributed by atoms with Crippen LogP contribution in [-0.4, -0.2) is 34.0 Å². The van der Waals surface area contributed by atoms with Gasteiger partial charge in [-0.25, -0.2) is 9.78 Å². The number of nitrogens with one attached hydrogen (secondary N) is 3. The van der Waals surface area contributed by atoms with Crippen LogP contribution in [0, 0.1) is 0 Å². The zero-order chi connectivity index (χ0) is 30.0. The first kappa shape index (κ1) is 28.2. The molecule has 0 saturated heterocycles. The van der Waals surface area contributed by atoms with Gasteiger partial charge in [0.05, 0.1) is 17.3 Å². The summed E-state index contributed by atoms with van der Waals surface area (Å²) in [6.07, 6.45) is -0.0543. The molecule has 5 aromatic rings. The van der Waals surface area contributed by atoms with Crippen LogP contribution < -0.4 is 16.0 Å². The van der Waals surface area contributed by atoms with Crippen molar-refractivity contribution >= 4 is 45.3 Å². The monoisotopic (exact) mass is 593 g/mol. The van der Waals surface area contributed by atoms with Gasteiger partial charge in [0.15, 0.2) is 5.13 Å². The summed E-state index contributed by atoms with van der Waals surface area (Å²) < 4.78 is 7.46. The van der Waals surface area contributed by atoms with Crippen molar-refractivity contribution in [1.29, 1.82) is 0 Å². The Kier molecular flexibility index (Phi) is 7.69. The highest BCUT2D eigenvalue weighted by atomic mass is 32.1. The number of carbonyl (C=O) groups is 3. The number of anilines is 1. The fourth-order valence-corrected chi connectivity index (χ4v) is 6.05. The average molecular weight is 594 g/mol. The van der Waals surface area contributed by atoms with E-state index in [1.165, 1.54) is 11.3 Å². The number of hydrogen-bond donors (Lipinski definition) is 3. The zero-order valence-corrected chi connectivity index (χ0v) is 24.6.